The second kappa shape index (κ2) is 5.68. The van der Waals surface area contributed by atoms with Crippen molar-refractivity contribution in [3.8, 4) is 0 Å². The first kappa shape index (κ1) is 14.6. The lowest BCUT2D eigenvalue weighted by atomic mass is 9.93. The number of pyridine rings is 1. The maximum Gasteiger partial charge on any atom is 0.417 e. The minimum Gasteiger partial charge on any atom is -0.481 e. The summed E-state index contributed by atoms with van der Waals surface area (Å²) in [6.07, 6.45) is -1.96. The number of aliphatic carboxylic acids is 1. The number of anilines is 1. The first-order chi connectivity index (χ1) is 9.36. The van der Waals surface area contributed by atoms with Gasteiger partial charge >= 0.3 is 12.1 Å². The molecule has 0 spiro atoms. The summed E-state index contributed by atoms with van der Waals surface area (Å²) in [5, 5.41) is 8.72. The van der Waals surface area contributed by atoms with Crippen molar-refractivity contribution in [2.75, 3.05) is 18.0 Å². The van der Waals surface area contributed by atoms with E-state index in [4.69, 9.17) is 5.11 Å². The van der Waals surface area contributed by atoms with Gasteiger partial charge in [-0.2, -0.15) is 13.2 Å². The molecule has 1 aromatic heterocycles. The molecule has 1 saturated heterocycles. The number of aromatic nitrogens is 1. The smallest absolute Gasteiger partial charge is 0.417 e. The van der Waals surface area contributed by atoms with E-state index < -0.39 is 17.7 Å². The van der Waals surface area contributed by atoms with Gasteiger partial charge in [-0.25, -0.2) is 4.98 Å². The molecule has 1 N–H and O–H groups in total. The minimum absolute atomic E-state index is 0.137. The second-order valence-electron chi connectivity index (χ2n) is 4.93. The van der Waals surface area contributed by atoms with Crippen LogP contribution in [0.2, 0.25) is 0 Å². The largest absolute Gasteiger partial charge is 0.481 e. The fraction of sp³-hybridized carbons (Fsp3) is 0.538. The minimum atomic E-state index is -4.37. The van der Waals surface area contributed by atoms with Gasteiger partial charge in [0.25, 0.3) is 0 Å². The Morgan fingerprint density at radius 2 is 2.00 bits per heavy atom. The zero-order valence-electron chi connectivity index (χ0n) is 10.7. The third-order valence-corrected chi connectivity index (χ3v) is 3.48. The molecule has 1 aromatic rings. The number of nitrogens with zero attached hydrogens (tertiary/aromatic N) is 2. The third kappa shape index (κ3) is 3.61. The van der Waals surface area contributed by atoms with Gasteiger partial charge in [0.1, 0.15) is 5.82 Å². The van der Waals surface area contributed by atoms with Crippen molar-refractivity contribution < 1.29 is 23.1 Å². The van der Waals surface area contributed by atoms with Crippen LogP contribution in [0.15, 0.2) is 18.3 Å². The molecule has 0 amide bonds. The molecular formula is C13H15F3N2O2. The van der Waals surface area contributed by atoms with Gasteiger partial charge in [-0.1, -0.05) is 0 Å². The highest BCUT2D eigenvalue weighted by molar-refractivity contribution is 5.67. The number of halogens is 3. The number of hydrogen-bond donors (Lipinski definition) is 1. The molecule has 0 atom stereocenters. The van der Waals surface area contributed by atoms with Crippen molar-refractivity contribution in [2.45, 2.75) is 25.4 Å². The molecule has 2 rings (SSSR count). The number of alkyl halides is 3. The molecule has 110 valence electrons. The van der Waals surface area contributed by atoms with Crippen LogP contribution in [0.4, 0.5) is 19.0 Å². The summed E-state index contributed by atoms with van der Waals surface area (Å²) >= 11 is 0. The van der Waals surface area contributed by atoms with Crippen molar-refractivity contribution in [2.24, 2.45) is 5.92 Å². The van der Waals surface area contributed by atoms with E-state index >= 15 is 0 Å². The number of carboxylic acid groups (broad SMARTS) is 1. The molecule has 20 heavy (non-hydrogen) atoms. The van der Waals surface area contributed by atoms with Crippen LogP contribution in [-0.4, -0.2) is 29.1 Å². The molecule has 1 fully saturated rings. The number of carboxylic acids is 1. The number of piperidine rings is 1. The van der Waals surface area contributed by atoms with Crippen LogP contribution in [-0.2, 0) is 11.0 Å². The summed E-state index contributed by atoms with van der Waals surface area (Å²) in [5.41, 5.74) is -0.762. The molecule has 0 unspecified atom stereocenters. The van der Waals surface area contributed by atoms with Crippen molar-refractivity contribution in [3.05, 3.63) is 23.9 Å². The van der Waals surface area contributed by atoms with E-state index in [0.717, 1.165) is 25.1 Å². The first-order valence-electron chi connectivity index (χ1n) is 6.36. The average Bonchev–Trinajstić information content (AvgIpc) is 2.38. The molecule has 0 aromatic carbocycles. The van der Waals surface area contributed by atoms with E-state index in [-0.39, 0.29) is 12.3 Å². The Morgan fingerprint density at radius 1 is 1.35 bits per heavy atom. The molecule has 0 radical (unpaired) electrons. The number of rotatable bonds is 3. The number of hydrogen-bond acceptors (Lipinski definition) is 3. The van der Waals surface area contributed by atoms with E-state index in [0.29, 0.717) is 18.9 Å². The van der Waals surface area contributed by atoms with Gasteiger partial charge in [0.2, 0.25) is 0 Å². The molecule has 1 aliphatic heterocycles. The van der Waals surface area contributed by atoms with Crippen LogP contribution >= 0.6 is 0 Å². The fourth-order valence-electron chi connectivity index (χ4n) is 2.35. The predicted molar refractivity (Wildman–Crippen MR) is 66.4 cm³/mol. The molecule has 0 aliphatic carbocycles. The van der Waals surface area contributed by atoms with Crippen LogP contribution in [0.5, 0.6) is 0 Å². The van der Waals surface area contributed by atoms with E-state index in [1.54, 1.807) is 0 Å². The van der Waals surface area contributed by atoms with E-state index in [1.807, 2.05) is 4.90 Å². The molecule has 4 nitrogen and oxygen atoms in total. The lowest BCUT2D eigenvalue weighted by Crippen LogP contribution is -2.34. The molecule has 0 bridgehead atoms. The summed E-state index contributed by atoms with van der Waals surface area (Å²) in [7, 11) is 0. The van der Waals surface area contributed by atoms with E-state index in [2.05, 4.69) is 4.98 Å². The molecular weight excluding hydrogens is 273 g/mol. The summed E-state index contributed by atoms with van der Waals surface area (Å²) in [6, 6.07) is 2.38. The fourth-order valence-corrected chi connectivity index (χ4v) is 2.35. The van der Waals surface area contributed by atoms with Gasteiger partial charge in [-0.3, -0.25) is 4.79 Å². The lowest BCUT2D eigenvalue weighted by molar-refractivity contribution is -0.138. The summed E-state index contributed by atoms with van der Waals surface area (Å²) in [5.74, 6) is -0.166. The van der Waals surface area contributed by atoms with Crippen molar-refractivity contribution >= 4 is 11.8 Å². The van der Waals surface area contributed by atoms with Crippen LogP contribution in [0.25, 0.3) is 0 Å². The first-order valence-corrected chi connectivity index (χ1v) is 6.36. The Balaban J connectivity index is 1.95. The maximum absolute atomic E-state index is 12.4. The zero-order chi connectivity index (χ0) is 14.8. The normalized spacial score (nSPS) is 17.2. The maximum atomic E-state index is 12.4. The molecule has 7 heteroatoms. The average molecular weight is 288 g/mol. The van der Waals surface area contributed by atoms with Gasteiger partial charge in [-0.05, 0) is 30.9 Å². The number of carbonyl (C=O) groups is 1. The molecule has 1 aliphatic rings. The zero-order valence-corrected chi connectivity index (χ0v) is 10.7. The monoisotopic (exact) mass is 288 g/mol. The lowest BCUT2D eigenvalue weighted by Gasteiger charge is -2.32. The molecule has 2 heterocycles. The Kier molecular flexibility index (Phi) is 4.15. The Labute approximate surface area is 114 Å². The summed E-state index contributed by atoms with van der Waals surface area (Å²) in [4.78, 5) is 16.3. The standard InChI is InChI=1S/C13H15F3N2O2/c14-13(15,16)10-1-2-11(17-8-10)18-5-3-9(4-6-18)7-12(19)20/h1-2,8-9H,3-7H2,(H,19,20). The van der Waals surface area contributed by atoms with Gasteiger partial charge in [0.15, 0.2) is 0 Å². The Hall–Kier alpha value is -1.79. The highest BCUT2D eigenvalue weighted by atomic mass is 19.4. The quantitative estimate of drug-likeness (QED) is 0.929. The molecule has 0 saturated carbocycles. The second-order valence-corrected chi connectivity index (χ2v) is 4.93. The Morgan fingerprint density at radius 3 is 2.45 bits per heavy atom. The third-order valence-electron chi connectivity index (χ3n) is 3.48. The topological polar surface area (TPSA) is 53.4 Å². The summed E-state index contributed by atoms with van der Waals surface area (Å²) < 4.78 is 37.3. The van der Waals surface area contributed by atoms with Crippen LogP contribution in [0.1, 0.15) is 24.8 Å². The van der Waals surface area contributed by atoms with Crippen LogP contribution < -0.4 is 4.90 Å². The van der Waals surface area contributed by atoms with Gasteiger partial charge < -0.3 is 10.0 Å². The Bertz CT molecular complexity index is 465. The summed E-state index contributed by atoms with van der Waals surface area (Å²) in [6.45, 7) is 1.24. The van der Waals surface area contributed by atoms with Crippen LogP contribution in [0.3, 0.4) is 0 Å². The van der Waals surface area contributed by atoms with Gasteiger partial charge in [0.05, 0.1) is 5.56 Å². The van der Waals surface area contributed by atoms with Crippen molar-refractivity contribution in [1.29, 1.82) is 0 Å². The predicted octanol–water partition coefficient (Wildman–Crippen LogP) is 2.79. The van der Waals surface area contributed by atoms with E-state index in [9.17, 15) is 18.0 Å². The highest BCUT2D eigenvalue weighted by Crippen LogP contribution is 2.30. The van der Waals surface area contributed by atoms with Crippen LogP contribution in [0, 0.1) is 5.92 Å². The van der Waals surface area contributed by atoms with Gasteiger partial charge in [-0.15, -0.1) is 0 Å². The SMILES string of the molecule is O=C(O)CC1CCN(c2ccc(C(F)(F)F)cn2)CC1. The van der Waals surface area contributed by atoms with Crippen molar-refractivity contribution in [3.63, 3.8) is 0 Å². The van der Waals surface area contributed by atoms with E-state index in [1.165, 1.54) is 6.07 Å². The van der Waals surface area contributed by atoms with Crippen molar-refractivity contribution in [1.82, 2.24) is 4.98 Å². The van der Waals surface area contributed by atoms with Gasteiger partial charge in [0, 0.05) is 25.7 Å². The highest BCUT2D eigenvalue weighted by Gasteiger charge is 2.31.